The molecule has 1 heterocycles. The number of benzene rings is 1. The van der Waals surface area contributed by atoms with E-state index in [2.05, 4.69) is 10.0 Å². The van der Waals surface area contributed by atoms with Gasteiger partial charge in [-0.3, -0.25) is 9.59 Å². The first-order valence-corrected chi connectivity index (χ1v) is 8.49. The van der Waals surface area contributed by atoms with Crippen molar-refractivity contribution >= 4 is 27.5 Å². The number of rotatable bonds is 6. The summed E-state index contributed by atoms with van der Waals surface area (Å²) in [4.78, 5) is 24.6. The molecule has 0 fully saturated rings. The summed E-state index contributed by atoms with van der Waals surface area (Å²) in [5, 5.41) is 2.59. The van der Waals surface area contributed by atoms with Crippen molar-refractivity contribution in [1.29, 1.82) is 0 Å². The normalized spacial score (nSPS) is 14.1. The zero-order chi connectivity index (χ0) is 16.3. The van der Waals surface area contributed by atoms with E-state index < -0.39 is 10.0 Å². The third-order valence-electron chi connectivity index (χ3n) is 3.43. The van der Waals surface area contributed by atoms with Crippen molar-refractivity contribution in [3.05, 3.63) is 23.8 Å². The van der Waals surface area contributed by atoms with Crippen molar-refractivity contribution in [2.45, 2.75) is 24.7 Å². The molecule has 1 aliphatic rings. The molecule has 0 saturated carbocycles. The maximum Gasteiger partial charge on any atom is 0.241 e. The van der Waals surface area contributed by atoms with Crippen LogP contribution in [0.2, 0.25) is 0 Å². The Balaban J connectivity index is 2.09. The molecule has 0 radical (unpaired) electrons. The number of nitrogens with one attached hydrogen (secondary N) is 2. The lowest BCUT2D eigenvalue weighted by molar-refractivity contribution is -0.120. The molecule has 2 amide bonds. The highest BCUT2D eigenvalue weighted by molar-refractivity contribution is 7.89. The predicted octanol–water partition coefficient (Wildman–Crippen LogP) is 0.0100. The highest BCUT2D eigenvalue weighted by Gasteiger charge is 2.26. The summed E-state index contributed by atoms with van der Waals surface area (Å²) in [5.74, 6) is -0.446. The van der Waals surface area contributed by atoms with Crippen LogP contribution in [0.3, 0.4) is 0 Å². The predicted molar refractivity (Wildman–Crippen MR) is 82.0 cm³/mol. The van der Waals surface area contributed by atoms with Crippen LogP contribution in [0.1, 0.15) is 18.9 Å². The number of fused-ring (bicyclic) bond motifs is 1. The summed E-state index contributed by atoms with van der Waals surface area (Å²) in [6.45, 7) is 2.11. The molecule has 22 heavy (non-hydrogen) atoms. The summed E-state index contributed by atoms with van der Waals surface area (Å²) < 4.78 is 26.6. The largest absolute Gasteiger partial charge is 0.355 e. The topological polar surface area (TPSA) is 95.6 Å². The lowest BCUT2D eigenvalue weighted by Crippen LogP contribution is -2.37. The van der Waals surface area contributed by atoms with Crippen molar-refractivity contribution < 1.29 is 18.0 Å². The number of hydrogen-bond acceptors (Lipinski definition) is 4. The lowest BCUT2D eigenvalue weighted by atomic mass is 10.2. The zero-order valence-corrected chi connectivity index (χ0v) is 13.4. The Bertz CT molecular complexity index is 700. The van der Waals surface area contributed by atoms with Crippen LogP contribution in [0.25, 0.3) is 0 Å². The molecule has 1 aromatic rings. The molecule has 7 nitrogen and oxygen atoms in total. The van der Waals surface area contributed by atoms with Gasteiger partial charge >= 0.3 is 0 Å². The van der Waals surface area contributed by atoms with E-state index in [1.165, 1.54) is 17.0 Å². The number of anilines is 1. The van der Waals surface area contributed by atoms with Gasteiger partial charge in [0.1, 0.15) is 0 Å². The van der Waals surface area contributed by atoms with Gasteiger partial charge in [0.05, 0.1) is 17.9 Å². The fourth-order valence-corrected chi connectivity index (χ4v) is 3.22. The molecule has 0 bridgehead atoms. The highest BCUT2D eigenvalue weighted by Crippen LogP contribution is 2.29. The Kier molecular flexibility index (Phi) is 4.82. The summed E-state index contributed by atoms with van der Waals surface area (Å²) in [7, 11) is -2.13. The molecular formula is C14H19N3O4S. The van der Waals surface area contributed by atoms with E-state index >= 15 is 0 Å². The Hall–Kier alpha value is -1.93. The van der Waals surface area contributed by atoms with E-state index in [4.69, 9.17) is 0 Å². The molecule has 0 atom stereocenters. The Labute approximate surface area is 129 Å². The second-order valence-electron chi connectivity index (χ2n) is 5.09. The Morgan fingerprint density at radius 1 is 1.36 bits per heavy atom. The fourth-order valence-electron chi connectivity index (χ4n) is 2.18. The minimum absolute atomic E-state index is 0.0534. The van der Waals surface area contributed by atoms with Crippen molar-refractivity contribution in [1.82, 2.24) is 10.0 Å². The fraction of sp³-hybridized carbons (Fsp3) is 0.429. The standard InChI is InChI=1S/C14H19N3O4S/c1-3-6-15-13(18)9-16-22(20,21)11-4-5-12-10(7-11)8-14(19)17(12)2/h4-5,7,16H,3,6,8-9H2,1-2H3,(H,15,18). The average molecular weight is 325 g/mol. The van der Waals surface area contributed by atoms with Crippen molar-refractivity contribution in [2.75, 3.05) is 25.0 Å². The monoisotopic (exact) mass is 325 g/mol. The van der Waals surface area contributed by atoms with Crippen LogP contribution in [0.15, 0.2) is 23.1 Å². The molecule has 0 spiro atoms. The summed E-state index contributed by atoms with van der Waals surface area (Å²) >= 11 is 0. The van der Waals surface area contributed by atoms with Gasteiger partial charge in [0.25, 0.3) is 0 Å². The van der Waals surface area contributed by atoms with E-state index in [0.29, 0.717) is 17.8 Å². The molecule has 0 aliphatic carbocycles. The molecule has 120 valence electrons. The van der Waals surface area contributed by atoms with Gasteiger partial charge < -0.3 is 10.2 Å². The van der Waals surface area contributed by atoms with Gasteiger partial charge in [-0.05, 0) is 30.2 Å². The molecule has 8 heteroatoms. The minimum atomic E-state index is -3.78. The number of hydrogen-bond donors (Lipinski definition) is 2. The minimum Gasteiger partial charge on any atom is -0.355 e. The highest BCUT2D eigenvalue weighted by atomic mass is 32.2. The van der Waals surface area contributed by atoms with Crippen LogP contribution in [0.4, 0.5) is 5.69 Å². The van der Waals surface area contributed by atoms with E-state index in [-0.39, 0.29) is 29.7 Å². The number of nitrogens with zero attached hydrogens (tertiary/aromatic N) is 1. The quantitative estimate of drug-likeness (QED) is 0.770. The Morgan fingerprint density at radius 3 is 2.77 bits per heavy atom. The SMILES string of the molecule is CCCNC(=O)CNS(=O)(=O)c1ccc2c(c1)CC(=O)N2C. The van der Waals surface area contributed by atoms with Crippen LogP contribution < -0.4 is 14.9 Å². The van der Waals surface area contributed by atoms with Gasteiger partial charge in [-0.2, -0.15) is 0 Å². The molecule has 0 unspecified atom stereocenters. The van der Waals surface area contributed by atoms with Gasteiger partial charge in [-0.15, -0.1) is 0 Å². The number of carbonyl (C=O) groups excluding carboxylic acids is 2. The summed E-state index contributed by atoms with van der Waals surface area (Å²) in [6, 6.07) is 4.51. The van der Waals surface area contributed by atoms with Crippen LogP contribution in [0.5, 0.6) is 0 Å². The molecule has 1 aromatic carbocycles. The van der Waals surface area contributed by atoms with Crippen LogP contribution >= 0.6 is 0 Å². The molecule has 0 saturated heterocycles. The van der Waals surface area contributed by atoms with E-state index in [1.807, 2.05) is 6.92 Å². The summed E-state index contributed by atoms with van der Waals surface area (Å²) in [6.07, 6.45) is 0.969. The molecule has 0 aromatic heterocycles. The third kappa shape index (κ3) is 3.45. The van der Waals surface area contributed by atoms with E-state index in [9.17, 15) is 18.0 Å². The van der Waals surface area contributed by atoms with E-state index in [1.54, 1.807) is 13.1 Å². The second kappa shape index (κ2) is 6.45. The van der Waals surface area contributed by atoms with Gasteiger partial charge in [0, 0.05) is 19.3 Å². The number of amides is 2. The molecule has 2 N–H and O–H groups in total. The van der Waals surface area contributed by atoms with Gasteiger partial charge in [0.15, 0.2) is 0 Å². The van der Waals surface area contributed by atoms with Crippen molar-refractivity contribution in [3.63, 3.8) is 0 Å². The van der Waals surface area contributed by atoms with Crippen LogP contribution in [-0.2, 0) is 26.0 Å². The third-order valence-corrected chi connectivity index (χ3v) is 4.83. The first-order valence-electron chi connectivity index (χ1n) is 7.01. The van der Waals surface area contributed by atoms with Crippen LogP contribution in [0, 0.1) is 0 Å². The van der Waals surface area contributed by atoms with Crippen LogP contribution in [-0.4, -0.2) is 40.4 Å². The maximum absolute atomic E-state index is 12.2. The van der Waals surface area contributed by atoms with Crippen molar-refractivity contribution in [3.8, 4) is 0 Å². The molecule has 1 aliphatic heterocycles. The second-order valence-corrected chi connectivity index (χ2v) is 6.86. The first-order chi connectivity index (χ1) is 10.3. The van der Waals surface area contributed by atoms with E-state index in [0.717, 1.165) is 6.42 Å². The lowest BCUT2D eigenvalue weighted by Gasteiger charge is -2.11. The number of carbonyl (C=O) groups is 2. The number of likely N-dealkylation sites (N-methyl/N-ethyl adjacent to an activating group) is 1. The van der Waals surface area contributed by atoms with Gasteiger partial charge in [-0.1, -0.05) is 6.92 Å². The Morgan fingerprint density at radius 2 is 2.09 bits per heavy atom. The van der Waals surface area contributed by atoms with Gasteiger partial charge in [0.2, 0.25) is 21.8 Å². The molecular weight excluding hydrogens is 306 g/mol. The van der Waals surface area contributed by atoms with Crippen molar-refractivity contribution in [2.24, 2.45) is 0 Å². The first kappa shape index (κ1) is 16.4. The van der Waals surface area contributed by atoms with Gasteiger partial charge in [-0.25, -0.2) is 13.1 Å². The number of sulfonamides is 1. The summed E-state index contributed by atoms with van der Waals surface area (Å²) in [5.41, 5.74) is 1.38. The smallest absolute Gasteiger partial charge is 0.241 e. The zero-order valence-electron chi connectivity index (χ0n) is 12.5. The maximum atomic E-state index is 12.2. The average Bonchev–Trinajstić information content (AvgIpc) is 2.77. The molecule has 2 rings (SSSR count).